The minimum Gasteiger partial charge on any atom is -1.00 e. The zero-order valence-corrected chi connectivity index (χ0v) is 16.9. The van der Waals surface area contributed by atoms with Crippen molar-refractivity contribution in [1.29, 1.82) is 0 Å². The van der Waals surface area contributed by atoms with E-state index in [2.05, 4.69) is 16.4 Å². The third-order valence-electron chi connectivity index (χ3n) is 3.51. The first-order valence-corrected chi connectivity index (χ1v) is 8.62. The van der Waals surface area contributed by atoms with E-state index in [-0.39, 0.29) is 37.4 Å². The number of rotatable bonds is 7. The molecule has 0 aliphatic heterocycles. The standard InChI is InChI=1S/C19H18N2O2S.Na.H/c22-19(23)9-4-12-20-15-6-3-5-14(13-15)10-11-18-21-16-7-1-2-8-17(16)24-18;;/h1-3,5-8,10-11,13,20H,4,9,12H2,(H,22,23);;/q;+1;-1. The van der Waals surface area contributed by atoms with Gasteiger partial charge in [-0.05, 0) is 42.3 Å². The van der Waals surface area contributed by atoms with Gasteiger partial charge in [0.05, 0.1) is 10.2 Å². The van der Waals surface area contributed by atoms with E-state index in [0.717, 1.165) is 21.8 Å². The van der Waals surface area contributed by atoms with Gasteiger partial charge in [0, 0.05) is 18.7 Å². The smallest absolute Gasteiger partial charge is 1.00 e. The summed E-state index contributed by atoms with van der Waals surface area (Å²) < 4.78 is 1.19. The fourth-order valence-corrected chi connectivity index (χ4v) is 3.22. The Morgan fingerprint density at radius 2 is 2.04 bits per heavy atom. The average molecular weight is 362 g/mol. The van der Waals surface area contributed by atoms with Crippen LogP contribution in [0.5, 0.6) is 0 Å². The van der Waals surface area contributed by atoms with Crippen molar-refractivity contribution in [2.24, 2.45) is 0 Å². The van der Waals surface area contributed by atoms with Crippen molar-refractivity contribution in [1.82, 2.24) is 4.98 Å². The molecule has 6 heteroatoms. The number of para-hydroxylation sites is 1. The number of fused-ring (bicyclic) bond motifs is 1. The van der Waals surface area contributed by atoms with Crippen molar-refractivity contribution < 1.29 is 40.9 Å². The SMILES string of the molecule is O=C(O)CCCNc1cccc(C=Cc2nc3ccccc3s2)c1.[H-].[Na+]. The van der Waals surface area contributed by atoms with Crippen LogP contribution in [0.2, 0.25) is 0 Å². The molecule has 1 aromatic heterocycles. The Kier molecular flexibility index (Phi) is 7.65. The van der Waals surface area contributed by atoms with Gasteiger partial charge in [0.1, 0.15) is 5.01 Å². The van der Waals surface area contributed by atoms with Crippen LogP contribution in [-0.2, 0) is 4.79 Å². The van der Waals surface area contributed by atoms with Crippen molar-refractivity contribution in [3.63, 3.8) is 0 Å². The molecule has 0 atom stereocenters. The molecule has 4 nitrogen and oxygen atoms in total. The number of nitrogens with one attached hydrogen (secondary N) is 1. The van der Waals surface area contributed by atoms with Crippen LogP contribution in [-0.4, -0.2) is 22.6 Å². The normalized spacial score (nSPS) is 10.7. The van der Waals surface area contributed by atoms with E-state index in [1.165, 1.54) is 4.70 Å². The second-order valence-electron chi connectivity index (χ2n) is 5.40. The molecular weight excluding hydrogens is 343 g/mol. The van der Waals surface area contributed by atoms with Gasteiger partial charge in [0.25, 0.3) is 0 Å². The molecule has 0 fully saturated rings. The molecule has 3 aromatic rings. The molecule has 124 valence electrons. The first kappa shape index (κ1) is 19.7. The third kappa shape index (κ3) is 5.97. The molecule has 0 bridgehead atoms. The maximum absolute atomic E-state index is 10.5. The van der Waals surface area contributed by atoms with Crippen molar-refractivity contribution in [2.75, 3.05) is 11.9 Å². The minimum absolute atomic E-state index is 0. The van der Waals surface area contributed by atoms with Crippen LogP contribution in [0, 0.1) is 0 Å². The number of hydrogen-bond donors (Lipinski definition) is 2. The van der Waals surface area contributed by atoms with Crippen molar-refractivity contribution >= 4 is 45.4 Å². The van der Waals surface area contributed by atoms with E-state index in [1.54, 1.807) is 11.3 Å². The predicted octanol–water partition coefficient (Wildman–Crippen LogP) is 1.86. The molecule has 0 aliphatic rings. The van der Waals surface area contributed by atoms with Crippen molar-refractivity contribution in [2.45, 2.75) is 12.8 Å². The van der Waals surface area contributed by atoms with Gasteiger partial charge in [-0.15, -0.1) is 11.3 Å². The molecule has 0 spiro atoms. The first-order chi connectivity index (χ1) is 11.7. The Bertz CT molecular complexity index is 850. The third-order valence-corrected chi connectivity index (χ3v) is 4.51. The number of hydrogen-bond acceptors (Lipinski definition) is 4. The number of nitrogens with zero attached hydrogens (tertiary/aromatic N) is 1. The Morgan fingerprint density at radius 1 is 1.20 bits per heavy atom. The maximum Gasteiger partial charge on any atom is 1.00 e. The van der Waals surface area contributed by atoms with Crippen LogP contribution in [0.3, 0.4) is 0 Å². The van der Waals surface area contributed by atoms with Gasteiger partial charge >= 0.3 is 35.5 Å². The molecule has 0 saturated heterocycles. The second-order valence-corrected chi connectivity index (χ2v) is 6.46. The summed E-state index contributed by atoms with van der Waals surface area (Å²) in [5.41, 5.74) is 3.10. The summed E-state index contributed by atoms with van der Waals surface area (Å²) in [6.45, 7) is 0.650. The van der Waals surface area contributed by atoms with Crippen LogP contribution in [0.1, 0.15) is 24.8 Å². The maximum atomic E-state index is 10.5. The summed E-state index contributed by atoms with van der Waals surface area (Å²) in [6, 6.07) is 16.2. The van der Waals surface area contributed by atoms with Crippen LogP contribution >= 0.6 is 11.3 Å². The average Bonchev–Trinajstić information content (AvgIpc) is 3.00. The van der Waals surface area contributed by atoms with Gasteiger partial charge in [-0.3, -0.25) is 4.79 Å². The second kappa shape index (κ2) is 9.73. The number of benzene rings is 2. The molecule has 0 radical (unpaired) electrons. The van der Waals surface area contributed by atoms with Gasteiger partial charge in [0.15, 0.2) is 0 Å². The van der Waals surface area contributed by atoms with Gasteiger partial charge in [-0.1, -0.05) is 30.3 Å². The summed E-state index contributed by atoms with van der Waals surface area (Å²) in [4.78, 5) is 15.1. The number of carboxylic acids is 1. The van der Waals surface area contributed by atoms with E-state index in [9.17, 15) is 4.79 Å². The number of carbonyl (C=O) groups is 1. The monoisotopic (exact) mass is 362 g/mol. The minimum atomic E-state index is -0.760. The zero-order chi connectivity index (χ0) is 16.8. The fourth-order valence-electron chi connectivity index (χ4n) is 2.35. The van der Waals surface area contributed by atoms with Gasteiger partial charge < -0.3 is 11.8 Å². The van der Waals surface area contributed by atoms with E-state index in [1.807, 2.05) is 54.6 Å². The Hall–Kier alpha value is -1.66. The zero-order valence-electron chi connectivity index (χ0n) is 15.1. The molecule has 0 unspecified atom stereocenters. The number of thiazole rings is 1. The van der Waals surface area contributed by atoms with Gasteiger partial charge in [0.2, 0.25) is 0 Å². The molecule has 1 heterocycles. The molecular formula is C19H19N2NaO2S. The van der Waals surface area contributed by atoms with E-state index >= 15 is 0 Å². The Labute approximate surface area is 174 Å². The summed E-state index contributed by atoms with van der Waals surface area (Å²) in [5.74, 6) is -0.760. The molecule has 0 aliphatic carbocycles. The largest absolute Gasteiger partial charge is 1.00 e. The Morgan fingerprint density at radius 3 is 2.84 bits per heavy atom. The molecule has 2 aromatic carbocycles. The van der Waals surface area contributed by atoms with Crippen LogP contribution < -0.4 is 34.9 Å². The van der Waals surface area contributed by atoms with Crippen LogP contribution in [0.15, 0.2) is 48.5 Å². The summed E-state index contributed by atoms with van der Waals surface area (Å²) in [5, 5.41) is 12.9. The van der Waals surface area contributed by atoms with Crippen molar-refractivity contribution in [3.8, 4) is 0 Å². The van der Waals surface area contributed by atoms with Crippen LogP contribution in [0.25, 0.3) is 22.4 Å². The van der Waals surface area contributed by atoms with E-state index in [0.29, 0.717) is 13.0 Å². The molecule has 2 N–H and O–H groups in total. The topological polar surface area (TPSA) is 62.2 Å². The van der Waals surface area contributed by atoms with Crippen LogP contribution in [0.4, 0.5) is 5.69 Å². The first-order valence-electron chi connectivity index (χ1n) is 7.80. The predicted molar refractivity (Wildman–Crippen MR) is 101 cm³/mol. The van der Waals surface area contributed by atoms with Crippen molar-refractivity contribution in [3.05, 3.63) is 59.1 Å². The van der Waals surface area contributed by atoms with Gasteiger partial charge in [-0.2, -0.15) is 0 Å². The van der Waals surface area contributed by atoms with E-state index < -0.39 is 5.97 Å². The Balaban J connectivity index is 0.00000169. The van der Waals surface area contributed by atoms with Gasteiger partial charge in [-0.25, -0.2) is 4.98 Å². The quantitative estimate of drug-likeness (QED) is 0.498. The molecule has 25 heavy (non-hydrogen) atoms. The number of aromatic nitrogens is 1. The number of carboxylic acid groups (broad SMARTS) is 1. The summed E-state index contributed by atoms with van der Waals surface area (Å²) in [7, 11) is 0. The fraction of sp³-hybridized carbons (Fsp3) is 0.158. The summed E-state index contributed by atoms with van der Waals surface area (Å²) >= 11 is 1.67. The molecule has 0 saturated carbocycles. The summed E-state index contributed by atoms with van der Waals surface area (Å²) in [6.07, 6.45) is 4.86. The molecule has 3 rings (SSSR count). The number of anilines is 1. The van der Waals surface area contributed by atoms with E-state index in [4.69, 9.17) is 5.11 Å². The number of aliphatic carboxylic acids is 1. The molecule has 0 amide bonds.